The minimum Gasteiger partial charge on any atom is -0.466 e. The Morgan fingerprint density at radius 3 is 2.06 bits per heavy atom. The van der Waals surface area contributed by atoms with Crippen molar-refractivity contribution in [2.45, 2.75) is 110 Å². The van der Waals surface area contributed by atoms with Crippen LogP contribution in [0.4, 0.5) is 0 Å². The highest BCUT2D eigenvalue weighted by Gasteiger charge is 2.02. The summed E-state index contributed by atoms with van der Waals surface area (Å²) in [5.41, 5.74) is 0. The normalized spacial score (nSPS) is 11.3. The van der Waals surface area contributed by atoms with E-state index in [2.05, 4.69) is 43.1 Å². The molecule has 0 aromatic carbocycles. The highest BCUT2D eigenvalue weighted by atomic mass is 16.5. The highest BCUT2D eigenvalue weighted by Crippen LogP contribution is 2.09. The largest absolute Gasteiger partial charge is 0.466 e. The monoisotopic (exact) mass is 433 g/mol. The van der Waals surface area contributed by atoms with Crippen molar-refractivity contribution in [1.29, 1.82) is 0 Å². The zero-order valence-electron chi connectivity index (χ0n) is 20.0. The Hall–Kier alpha value is -1.84. The summed E-state index contributed by atoms with van der Waals surface area (Å²) in [6.45, 7) is 6.82. The first-order valence-electron chi connectivity index (χ1n) is 12.6. The predicted octanol–water partition coefficient (Wildman–Crippen LogP) is 7.21. The molecular weight excluding hydrogens is 386 g/mol. The second kappa shape index (κ2) is 24.4. The van der Waals surface area contributed by atoms with Crippen LogP contribution in [-0.4, -0.2) is 25.0 Å². The Morgan fingerprint density at radius 1 is 0.774 bits per heavy atom. The molecule has 0 bridgehead atoms. The van der Waals surface area contributed by atoms with E-state index in [1.54, 1.807) is 0 Å². The first kappa shape index (κ1) is 29.2. The van der Waals surface area contributed by atoms with Crippen LogP contribution in [0.1, 0.15) is 110 Å². The zero-order valence-corrected chi connectivity index (χ0v) is 20.0. The number of amides is 1. The molecule has 0 aliphatic heterocycles. The van der Waals surface area contributed by atoms with Gasteiger partial charge in [0.15, 0.2) is 0 Å². The summed E-state index contributed by atoms with van der Waals surface area (Å²) in [6.07, 6.45) is 28.1. The summed E-state index contributed by atoms with van der Waals surface area (Å²) in [4.78, 5) is 22.7. The van der Waals surface area contributed by atoms with E-state index in [4.69, 9.17) is 4.74 Å². The van der Waals surface area contributed by atoms with Gasteiger partial charge in [-0.05, 0) is 57.4 Å². The predicted molar refractivity (Wildman–Crippen MR) is 132 cm³/mol. The van der Waals surface area contributed by atoms with Crippen LogP contribution in [0.5, 0.6) is 0 Å². The fourth-order valence-corrected chi connectivity index (χ4v) is 3.20. The van der Waals surface area contributed by atoms with E-state index in [0.29, 0.717) is 19.6 Å². The van der Waals surface area contributed by atoms with Crippen LogP contribution in [0.15, 0.2) is 37.0 Å². The maximum Gasteiger partial charge on any atom is 0.305 e. The van der Waals surface area contributed by atoms with E-state index in [1.807, 2.05) is 0 Å². The van der Waals surface area contributed by atoms with Gasteiger partial charge in [0.2, 0.25) is 5.91 Å². The number of unbranched alkanes of at least 4 members (excludes halogenated alkanes) is 11. The number of ether oxygens (including phenoxy) is 1. The van der Waals surface area contributed by atoms with Gasteiger partial charge in [-0.2, -0.15) is 0 Å². The molecule has 178 valence electrons. The summed E-state index contributed by atoms with van der Waals surface area (Å²) in [5, 5.41) is 2.73. The standard InChI is InChI=1S/C27H47NO3/c1-3-5-6-7-8-9-10-11-12-13-14-15-16-17-18-22-25-31-27(30)23-20-19-21-24-28-26(29)4-2/h4,8-9,11-12H,2-3,5-7,10,13-25H2,1H3,(H,28,29)/b9-8-,12-11-. The zero-order chi connectivity index (χ0) is 22.8. The molecule has 0 aromatic heterocycles. The minimum absolute atomic E-state index is 0.0993. The van der Waals surface area contributed by atoms with Crippen LogP contribution in [0.25, 0.3) is 0 Å². The molecule has 0 heterocycles. The van der Waals surface area contributed by atoms with Gasteiger partial charge in [-0.25, -0.2) is 0 Å². The van der Waals surface area contributed by atoms with E-state index in [0.717, 1.165) is 38.5 Å². The third-order valence-electron chi connectivity index (χ3n) is 5.15. The maximum atomic E-state index is 11.7. The van der Waals surface area contributed by atoms with Gasteiger partial charge in [0, 0.05) is 13.0 Å². The van der Waals surface area contributed by atoms with E-state index in [9.17, 15) is 9.59 Å². The van der Waals surface area contributed by atoms with Gasteiger partial charge in [-0.3, -0.25) is 9.59 Å². The number of allylic oxidation sites excluding steroid dienone is 4. The molecule has 0 aliphatic rings. The van der Waals surface area contributed by atoms with Gasteiger partial charge in [0.05, 0.1) is 6.61 Å². The summed E-state index contributed by atoms with van der Waals surface area (Å²) in [6, 6.07) is 0. The quantitative estimate of drug-likeness (QED) is 0.0849. The van der Waals surface area contributed by atoms with Crippen molar-refractivity contribution in [3.63, 3.8) is 0 Å². The molecular formula is C27H47NO3. The van der Waals surface area contributed by atoms with Gasteiger partial charge in [-0.15, -0.1) is 0 Å². The SMILES string of the molecule is C=CC(=O)NCCCCCC(=O)OCCCCCCCC/C=C\C/C=C\CCCCC. The number of esters is 1. The second-order valence-corrected chi connectivity index (χ2v) is 8.11. The molecule has 0 atom stereocenters. The van der Waals surface area contributed by atoms with Crippen LogP contribution in [0, 0.1) is 0 Å². The van der Waals surface area contributed by atoms with Gasteiger partial charge < -0.3 is 10.1 Å². The van der Waals surface area contributed by atoms with Crippen LogP contribution >= 0.6 is 0 Å². The van der Waals surface area contributed by atoms with Gasteiger partial charge in [0.25, 0.3) is 0 Å². The Morgan fingerprint density at radius 2 is 1.39 bits per heavy atom. The van der Waals surface area contributed by atoms with Crippen molar-refractivity contribution in [1.82, 2.24) is 5.32 Å². The van der Waals surface area contributed by atoms with Crippen molar-refractivity contribution >= 4 is 11.9 Å². The van der Waals surface area contributed by atoms with Gasteiger partial charge in [-0.1, -0.05) is 82.8 Å². The molecule has 0 saturated carbocycles. The number of nitrogens with one attached hydrogen (secondary N) is 1. The van der Waals surface area contributed by atoms with E-state index in [1.165, 1.54) is 63.9 Å². The lowest BCUT2D eigenvalue weighted by molar-refractivity contribution is -0.143. The van der Waals surface area contributed by atoms with E-state index < -0.39 is 0 Å². The fraction of sp³-hybridized carbons (Fsp3) is 0.704. The Balaban J connectivity index is 3.28. The number of carbonyl (C=O) groups is 2. The maximum absolute atomic E-state index is 11.7. The number of carbonyl (C=O) groups excluding carboxylic acids is 2. The lowest BCUT2D eigenvalue weighted by Crippen LogP contribution is -2.21. The first-order valence-corrected chi connectivity index (χ1v) is 12.6. The van der Waals surface area contributed by atoms with Crippen LogP contribution < -0.4 is 5.32 Å². The Labute approximate surface area is 191 Å². The molecule has 0 aromatic rings. The molecule has 0 unspecified atom stereocenters. The highest BCUT2D eigenvalue weighted by molar-refractivity contribution is 5.86. The molecule has 0 fully saturated rings. The lowest BCUT2D eigenvalue weighted by atomic mass is 10.1. The molecule has 0 radical (unpaired) electrons. The lowest BCUT2D eigenvalue weighted by Gasteiger charge is -2.05. The molecule has 0 aliphatic carbocycles. The fourth-order valence-electron chi connectivity index (χ4n) is 3.20. The summed E-state index contributed by atoms with van der Waals surface area (Å²) >= 11 is 0. The third-order valence-corrected chi connectivity index (χ3v) is 5.15. The molecule has 0 rings (SSSR count). The molecule has 4 heteroatoms. The van der Waals surface area contributed by atoms with Gasteiger partial charge >= 0.3 is 5.97 Å². The van der Waals surface area contributed by atoms with Crippen molar-refractivity contribution < 1.29 is 14.3 Å². The van der Waals surface area contributed by atoms with Crippen molar-refractivity contribution in [2.75, 3.05) is 13.2 Å². The summed E-state index contributed by atoms with van der Waals surface area (Å²) in [7, 11) is 0. The number of hydrogen-bond donors (Lipinski definition) is 1. The average Bonchev–Trinajstić information content (AvgIpc) is 2.78. The van der Waals surface area contributed by atoms with Crippen molar-refractivity contribution in [3.8, 4) is 0 Å². The molecule has 1 N–H and O–H groups in total. The number of hydrogen-bond acceptors (Lipinski definition) is 3. The molecule has 4 nitrogen and oxygen atoms in total. The van der Waals surface area contributed by atoms with E-state index >= 15 is 0 Å². The summed E-state index contributed by atoms with van der Waals surface area (Å²) in [5.74, 6) is -0.245. The second-order valence-electron chi connectivity index (χ2n) is 8.11. The minimum atomic E-state index is -0.146. The average molecular weight is 434 g/mol. The van der Waals surface area contributed by atoms with Crippen molar-refractivity contribution in [3.05, 3.63) is 37.0 Å². The van der Waals surface area contributed by atoms with Gasteiger partial charge in [0.1, 0.15) is 0 Å². The number of rotatable bonds is 22. The van der Waals surface area contributed by atoms with Crippen molar-refractivity contribution in [2.24, 2.45) is 0 Å². The molecule has 1 amide bonds. The first-order chi connectivity index (χ1) is 15.2. The van der Waals surface area contributed by atoms with E-state index in [-0.39, 0.29) is 11.9 Å². The Kier molecular flexibility index (Phi) is 23.0. The Bertz CT molecular complexity index is 497. The summed E-state index contributed by atoms with van der Waals surface area (Å²) < 4.78 is 5.29. The smallest absolute Gasteiger partial charge is 0.305 e. The van der Waals surface area contributed by atoms with Crippen LogP contribution in [-0.2, 0) is 14.3 Å². The molecule has 31 heavy (non-hydrogen) atoms. The third kappa shape index (κ3) is 24.3. The van der Waals surface area contributed by atoms with Crippen LogP contribution in [0.2, 0.25) is 0 Å². The van der Waals surface area contributed by atoms with Crippen LogP contribution in [0.3, 0.4) is 0 Å². The molecule has 0 saturated heterocycles. The molecule has 0 spiro atoms. The topological polar surface area (TPSA) is 55.4 Å².